The van der Waals surface area contributed by atoms with Crippen LogP contribution >= 0.6 is 11.6 Å². The molecular formula is C11H20ClN3O3S. The third-order valence-corrected chi connectivity index (χ3v) is 4.47. The molecule has 1 atom stereocenters. The zero-order valence-corrected chi connectivity index (χ0v) is 13.1. The highest BCUT2D eigenvalue weighted by atomic mass is 35.5. The van der Waals surface area contributed by atoms with Crippen LogP contribution in [0.3, 0.4) is 0 Å². The standard InChI is InChI=1S/C11H20ClN3O3S/c1-8(2)5-11(3,16)6-14-19(17,18)10-9(12)15(4)7-13-10/h7-8,14,16H,5-6H2,1-4H3. The summed E-state index contributed by atoms with van der Waals surface area (Å²) in [5.74, 6) is 0.262. The molecule has 0 aliphatic heterocycles. The summed E-state index contributed by atoms with van der Waals surface area (Å²) in [5, 5.41) is 9.90. The molecule has 0 spiro atoms. The summed E-state index contributed by atoms with van der Waals surface area (Å²) in [6.45, 7) is 5.42. The van der Waals surface area contributed by atoms with Crippen molar-refractivity contribution in [2.24, 2.45) is 13.0 Å². The average molecular weight is 310 g/mol. The number of aromatic nitrogens is 2. The Hall–Kier alpha value is -0.630. The van der Waals surface area contributed by atoms with Crippen LogP contribution in [0, 0.1) is 5.92 Å². The molecule has 0 aliphatic rings. The number of imidazole rings is 1. The highest BCUT2D eigenvalue weighted by Crippen LogP contribution is 2.20. The monoisotopic (exact) mass is 309 g/mol. The second kappa shape index (κ2) is 5.78. The van der Waals surface area contributed by atoms with Gasteiger partial charge in [-0.15, -0.1) is 0 Å². The molecule has 1 rings (SSSR count). The molecule has 1 heterocycles. The number of sulfonamides is 1. The van der Waals surface area contributed by atoms with Crippen molar-refractivity contribution in [1.82, 2.24) is 14.3 Å². The molecule has 0 bridgehead atoms. The fourth-order valence-electron chi connectivity index (χ4n) is 1.84. The lowest BCUT2D eigenvalue weighted by Gasteiger charge is -2.25. The average Bonchev–Trinajstić information content (AvgIpc) is 2.56. The number of nitrogens with one attached hydrogen (secondary N) is 1. The van der Waals surface area contributed by atoms with E-state index in [1.54, 1.807) is 14.0 Å². The van der Waals surface area contributed by atoms with Crippen LogP contribution in [0.15, 0.2) is 11.4 Å². The molecule has 2 N–H and O–H groups in total. The van der Waals surface area contributed by atoms with E-state index < -0.39 is 15.6 Å². The van der Waals surface area contributed by atoms with E-state index in [-0.39, 0.29) is 22.6 Å². The summed E-state index contributed by atoms with van der Waals surface area (Å²) < 4.78 is 27.8. The summed E-state index contributed by atoms with van der Waals surface area (Å²) in [6, 6.07) is 0. The van der Waals surface area contributed by atoms with Crippen molar-refractivity contribution in [3.05, 3.63) is 11.5 Å². The summed E-state index contributed by atoms with van der Waals surface area (Å²) in [5.41, 5.74) is -1.11. The number of halogens is 1. The number of hydrogen-bond acceptors (Lipinski definition) is 4. The van der Waals surface area contributed by atoms with Crippen LogP contribution in [0.5, 0.6) is 0 Å². The molecule has 0 fully saturated rings. The van der Waals surface area contributed by atoms with Gasteiger partial charge in [0.1, 0.15) is 5.15 Å². The molecule has 0 aliphatic carbocycles. The molecule has 1 unspecified atom stereocenters. The van der Waals surface area contributed by atoms with Gasteiger partial charge in [-0.25, -0.2) is 18.1 Å². The molecule has 1 aromatic heterocycles. The maximum Gasteiger partial charge on any atom is 0.261 e. The van der Waals surface area contributed by atoms with Gasteiger partial charge in [0.25, 0.3) is 10.0 Å². The minimum Gasteiger partial charge on any atom is -0.389 e. The molecule has 0 saturated heterocycles. The Kier molecular flexibility index (Phi) is 5.00. The van der Waals surface area contributed by atoms with Crippen LogP contribution in [0.1, 0.15) is 27.2 Å². The Morgan fingerprint density at radius 3 is 2.58 bits per heavy atom. The lowest BCUT2D eigenvalue weighted by Crippen LogP contribution is -2.41. The quantitative estimate of drug-likeness (QED) is 0.825. The van der Waals surface area contributed by atoms with E-state index in [9.17, 15) is 13.5 Å². The predicted molar refractivity (Wildman–Crippen MR) is 73.5 cm³/mol. The maximum atomic E-state index is 12.0. The van der Waals surface area contributed by atoms with Gasteiger partial charge >= 0.3 is 0 Å². The molecule has 8 heteroatoms. The molecule has 1 aromatic rings. The van der Waals surface area contributed by atoms with Gasteiger partial charge in [0.2, 0.25) is 5.03 Å². The second-order valence-corrected chi connectivity index (χ2v) is 7.41. The summed E-state index contributed by atoms with van der Waals surface area (Å²) in [7, 11) is -2.21. The predicted octanol–water partition coefficient (Wildman–Crippen LogP) is 1.15. The van der Waals surface area contributed by atoms with Gasteiger partial charge in [-0.3, -0.25) is 0 Å². The molecule has 0 aromatic carbocycles. The number of nitrogens with zero attached hydrogens (tertiary/aromatic N) is 2. The molecule has 0 amide bonds. The Morgan fingerprint density at radius 1 is 1.58 bits per heavy atom. The maximum absolute atomic E-state index is 12.0. The van der Waals surface area contributed by atoms with Gasteiger partial charge in [0.15, 0.2) is 0 Å². The first kappa shape index (κ1) is 16.4. The highest BCUT2D eigenvalue weighted by molar-refractivity contribution is 7.89. The van der Waals surface area contributed by atoms with Crippen LogP contribution < -0.4 is 4.72 Å². The van der Waals surface area contributed by atoms with E-state index in [0.29, 0.717) is 6.42 Å². The van der Waals surface area contributed by atoms with E-state index in [1.807, 2.05) is 13.8 Å². The molecule has 6 nitrogen and oxygen atoms in total. The Balaban J connectivity index is 2.79. The van der Waals surface area contributed by atoms with Crippen molar-refractivity contribution in [3.63, 3.8) is 0 Å². The third kappa shape index (κ3) is 4.45. The van der Waals surface area contributed by atoms with Crippen molar-refractivity contribution < 1.29 is 13.5 Å². The minimum atomic E-state index is -3.81. The zero-order valence-electron chi connectivity index (χ0n) is 11.5. The van der Waals surface area contributed by atoms with Gasteiger partial charge in [0, 0.05) is 13.6 Å². The summed E-state index contributed by atoms with van der Waals surface area (Å²) >= 11 is 5.85. The van der Waals surface area contributed by atoms with Crippen LogP contribution in [0.4, 0.5) is 0 Å². The number of rotatable bonds is 6. The third-order valence-electron chi connectivity index (χ3n) is 2.58. The van der Waals surface area contributed by atoms with E-state index >= 15 is 0 Å². The summed E-state index contributed by atoms with van der Waals surface area (Å²) in [6.07, 6.45) is 1.81. The fourth-order valence-corrected chi connectivity index (χ4v) is 3.43. The Morgan fingerprint density at radius 2 is 2.16 bits per heavy atom. The topological polar surface area (TPSA) is 84.2 Å². The van der Waals surface area contributed by atoms with Crippen LogP contribution in [-0.4, -0.2) is 35.2 Å². The molecule has 19 heavy (non-hydrogen) atoms. The first-order valence-corrected chi connectivity index (χ1v) is 7.80. The van der Waals surface area contributed by atoms with Gasteiger partial charge in [-0.1, -0.05) is 25.4 Å². The first-order chi connectivity index (χ1) is 8.55. The lowest BCUT2D eigenvalue weighted by molar-refractivity contribution is 0.0436. The van der Waals surface area contributed by atoms with Crippen molar-refractivity contribution in [2.45, 2.75) is 37.8 Å². The van der Waals surface area contributed by atoms with Gasteiger partial charge in [-0.05, 0) is 19.3 Å². The molecule has 0 radical (unpaired) electrons. The molecule has 0 saturated carbocycles. The van der Waals surface area contributed by atoms with E-state index in [1.165, 1.54) is 10.9 Å². The minimum absolute atomic E-state index is 0.0380. The smallest absolute Gasteiger partial charge is 0.261 e. The van der Waals surface area contributed by atoms with Crippen molar-refractivity contribution >= 4 is 21.6 Å². The van der Waals surface area contributed by atoms with Gasteiger partial charge in [0.05, 0.1) is 11.9 Å². The van der Waals surface area contributed by atoms with E-state index in [2.05, 4.69) is 9.71 Å². The highest BCUT2D eigenvalue weighted by Gasteiger charge is 2.28. The van der Waals surface area contributed by atoms with E-state index in [4.69, 9.17) is 11.6 Å². The lowest BCUT2D eigenvalue weighted by atomic mass is 9.95. The second-order valence-electron chi connectivity index (χ2n) is 5.37. The Labute approximate surface area is 118 Å². The number of hydrogen-bond donors (Lipinski definition) is 2. The fraction of sp³-hybridized carbons (Fsp3) is 0.727. The molecular weight excluding hydrogens is 290 g/mol. The SMILES string of the molecule is CC(C)CC(C)(O)CNS(=O)(=O)c1ncn(C)c1Cl. The van der Waals surface area contributed by atoms with E-state index in [0.717, 1.165) is 0 Å². The van der Waals surface area contributed by atoms with Crippen LogP contribution in [0.25, 0.3) is 0 Å². The normalized spacial score (nSPS) is 15.7. The molecule has 110 valence electrons. The first-order valence-electron chi connectivity index (χ1n) is 5.94. The van der Waals surface area contributed by atoms with Crippen molar-refractivity contribution in [1.29, 1.82) is 0 Å². The van der Waals surface area contributed by atoms with Crippen LogP contribution in [-0.2, 0) is 17.1 Å². The largest absolute Gasteiger partial charge is 0.389 e. The summed E-state index contributed by atoms with van der Waals surface area (Å²) in [4.78, 5) is 3.75. The van der Waals surface area contributed by atoms with Gasteiger partial charge < -0.3 is 9.67 Å². The number of aryl methyl sites for hydroxylation is 1. The Bertz CT molecular complexity index is 537. The zero-order chi connectivity index (χ0) is 14.8. The van der Waals surface area contributed by atoms with Crippen molar-refractivity contribution in [3.8, 4) is 0 Å². The van der Waals surface area contributed by atoms with Gasteiger partial charge in [-0.2, -0.15) is 0 Å². The van der Waals surface area contributed by atoms with Crippen LogP contribution in [0.2, 0.25) is 5.15 Å². The van der Waals surface area contributed by atoms with Crippen molar-refractivity contribution in [2.75, 3.05) is 6.54 Å². The number of aliphatic hydroxyl groups is 1.